The molecule has 6 nitrogen and oxygen atoms in total. The molecule has 0 amide bonds. The standard InChI is InChI=1S/C18H15N5O/c19-8-12-3-5-14(6-4-12)23-11-16(13-9-21-22-10-13)17-15(18(23)24)2-1-7-20-17/h1-7,11,13,21-22H,9-10H2. The van der Waals surface area contributed by atoms with E-state index in [9.17, 15) is 4.79 Å². The van der Waals surface area contributed by atoms with Gasteiger partial charge in [-0.2, -0.15) is 5.26 Å². The first-order valence-corrected chi connectivity index (χ1v) is 7.74. The fraction of sp³-hybridized carbons (Fsp3) is 0.167. The van der Waals surface area contributed by atoms with E-state index in [0.29, 0.717) is 10.9 Å². The summed E-state index contributed by atoms with van der Waals surface area (Å²) in [6, 6.07) is 12.7. The highest BCUT2D eigenvalue weighted by atomic mass is 16.1. The van der Waals surface area contributed by atoms with E-state index in [1.165, 1.54) is 0 Å². The van der Waals surface area contributed by atoms with Gasteiger partial charge in [0.05, 0.1) is 22.5 Å². The van der Waals surface area contributed by atoms with Crippen molar-refractivity contribution in [3.05, 3.63) is 70.3 Å². The maximum absolute atomic E-state index is 12.9. The van der Waals surface area contributed by atoms with Gasteiger partial charge in [0.25, 0.3) is 5.56 Å². The molecule has 1 aliphatic rings. The number of hydrazine groups is 1. The molecule has 4 rings (SSSR count). The summed E-state index contributed by atoms with van der Waals surface area (Å²) in [5, 5.41) is 9.54. The minimum atomic E-state index is -0.106. The third-order valence-corrected chi connectivity index (χ3v) is 4.33. The van der Waals surface area contributed by atoms with E-state index in [1.54, 1.807) is 41.1 Å². The highest BCUT2D eigenvalue weighted by molar-refractivity contribution is 5.81. The Morgan fingerprint density at radius 3 is 2.62 bits per heavy atom. The first-order chi connectivity index (χ1) is 11.8. The minimum Gasteiger partial charge on any atom is -0.283 e. The van der Waals surface area contributed by atoms with Crippen LogP contribution in [0.3, 0.4) is 0 Å². The van der Waals surface area contributed by atoms with Gasteiger partial charge in [0.1, 0.15) is 0 Å². The normalized spacial score (nSPS) is 14.8. The van der Waals surface area contributed by atoms with Crippen molar-refractivity contribution < 1.29 is 0 Å². The molecular weight excluding hydrogens is 302 g/mol. The Labute approximate surface area is 138 Å². The number of nitriles is 1. The first kappa shape index (κ1) is 14.6. The van der Waals surface area contributed by atoms with E-state index in [-0.39, 0.29) is 11.5 Å². The molecule has 1 aromatic carbocycles. The molecule has 3 heterocycles. The van der Waals surface area contributed by atoms with Crippen LogP contribution in [0.25, 0.3) is 16.6 Å². The Morgan fingerprint density at radius 2 is 1.92 bits per heavy atom. The van der Waals surface area contributed by atoms with Gasteiger partial charge >= 0.3 is 0 Å². The molecule has 0 aliphatic carbocycles. The van der Waals surface area contributed by atoms with Crippen LogP contribution < -0.4 is 16.4 Å². The number of rotatable bonds is 2. The minimum absolute atomic E-state index is 0.106. The molecule has 24 heavy (non-hydrogen) atoms. The molecule has 1 aliphatic heterocycles. The summed E-state index contributed by atoms with van der Waals surface area (Å²) < 4.78 is 1.64. The topological polar surface area (TPSA) is 82.7 Å². The van der Waals surface area contributed by atoms with E-state index in [1.807, 2.05) is 12.3 Å². The monoisotopic (exact) mass is 317 g/mol. The Kier molecular flexibility index (Phi) is 3.58. The Bertz CT molecular complexity index is 995. The van der Waals surface area contributed by atoms with Crippen LogP contribution in [-0.2, 0) is 0 Å². The van der Waals surface area contributed by atoms with E-state index in [4.69, 9.17) is 5.26 Å². The molecule has 118 valence electrons. The van der Waals surface area contributed by atoms with Crippen molar-refractivity contribution in [1.29, 1.82) is 5.26 Å². The average molecular weight is 317 g/mol. The lowest BCUT2D eigenvalue weighted by Crippen LogP contribution is -2.21. The predicted octanol–water partition coefficient (Wildman–Crippen LogP) is 1.45. The molecule has 0 atom stereocenters. The number of benzene rings is 1. The molecule has 1 saturated heterocycles. The van der Waals surface area contributed by atoms with Crippen LogP contribution in [0.1, 0.15) is 17.0 Å². The van der Waals surface area contributed by atoms with E-state index in [0.717, 1.165) is 29.9 Å². The van der Waals surface area contributed by atoms with Gasteiger partial charge in [-0.3, -0.25) is 25.2 Å². The Hall–Kier alpha value is -3.01. The van der Waals surface area contributed by atoms with Gasteiger partial charge in [0, 0.05) is 42.7 Å². The van der Waals surface area contributed by atoms with Crippen LogP contribution in [-0.4, -0.2) is 22.6 Å². The molecule has 0 saturated carbocycles. The van der Waals surface area contributed by atoms with Crippen molar-refractivity contribution in [2.24, 2.45) is 0 Å². The summed E-state index contributed by atoms with van der Waals surface area (Å²) in [6.45, 7) is 1.58. The van der Waals surface area contributed by atoms with Gasteiger partial charge in [-0.25, -0.2) is 0 Å². The van der Waals surface area contributed by atoms with Gasteiger partial charge in [-0.15, -0.1) is 0 Å². The van der Waals surface area contributed by atoms with E-state index < -0.39 is 0 Å². The summed E-state index contributed by atoms with van der Waals surface area (Å²) in [4.78, 5) is 17.3. The molecule has 0 bridgehead atoms. The van der Waals surface area contributed by atoms with Crippen LogP contribution in [0.15, 0.2) is 53.6 Å². The van der Waals surface area contributed by atoms with Crippen molar-refractivity contribution >= 4 is 10.9 Å². The maximum Gasteiger partial charge on any atom is 0.264 e. The van der Waals surface area contributed by atoms with Crippen molar-refractivity contribution in [3.63, 3.8) is 0 Å². The molecule has 0 radical (unpaired) electrons. The highest BCUT2D eigenvalue weighted by Crippen LogP contribution is 2.24. The fourth-order valence-corrected chi connectivity index (χ4v) is 3.07. The van der Waals surface area contributed by atoms with Crippen LogP contribution in [0.5, 0.6) is 0 Å². The summed E-state index contributed by atoms with van der Waals surface area (Å²) in [5.41, 5.74) is 9.24. The summed E-state index contributed by atoms with van der Waals surface area (Å²) in [6.07, 6.45) is 3.59. The molecule has 0 spiro atoms. The van der Waals surface area contributed by atoms with Crippen molar-refractivity contribution in [3.8, 4) is 11.8 Å². The number of hydrogen-bond donors (Lipinski definition) is 2. The second kappa shape index (κ2) is 5.89. The number of aromatic nitrogens is 2. The summed E-state index contributed by atoms with van der Waals surface area (Å²) >= 11 is 0. The smallest absolute Gasteiger partial charge is 0.264 e. The lowest BCUT2D eigenvalue weighted by Gasteiger charge is -2.15. The Balaban J connectivity index is 1.96. The van der Waals surface area contributed by atoms with Gasteiger partial charge < -0.3 is 0 Å². The molecule has 2 N–H and O–H groups in total. The van der Waals surface area contributed by atoms with Crippen LogP contribution >= 0.6 is 0 Å². The van der Waals surface area contributed by atoms with E-state index >= 15 is 0 Å². The largest absolute Gasteiger partial charge is 0.283 e. The molecular formula is C18H15N5O. The van der Waals surface area contributed by atoms with Crippen LogP contribution in [0.2, 0.25) is 0 Å². The number of hydrogen-bond acceptors (Lipinski definition) is 5. The quantitative estimate of drug-likeness (QED) is 0.747. The SMILES string of the molecule is N#Cc1ccc(-n2cc(C3CNNC3)c3ncccc3c2=O)cc1. The number of fused-ring (bicyclic) bond motifs is 1. The van der Waals surface area contributed by atoms with Crippen molar-refractivity contribution in [2.75, 3.05) is 13.1 Å². The number of pyridine rings is 2. The zero-order valence-electron chi connectivity index (χ0n) is 12.9. The highest BCUT2D eigenvalue weighted by Gasteiger charge is 2.21. The zero-order valence-corrected chi connectivity index (χ0v) is 12.9. The second-order valence-electron chi connectivity index (χ2n) is 5.78. The number of nitrogens with one attached hydrogen (secondary N) is 2. The fourth-order valence-electron chi connectivity index (χ4n) is 3.07. The third kappa shape index (κ3) is 2.36. The lowest BCUT2D eigenvalue weighted by atomic mass is 9.99. The van der Waals surface area contributed by atoms with Gasteiger partial charge in [0.2, 0.25) is 0 Å². The predicted molar refractivity (Wildman–Crippen MR) is 90.8 cm³/mol. The third-order valence-electron chi connectivity index (χ3n) is 4.33. The van der Waals surface area contributed by atoms with Crippen LogP contribution in [0.4, 0.5) is 0 Å². The molecule has 0 unspecified atom stereocenters. The van der Waals surface area contributed by atoms with Gasteiger partial charge in [-0.05, 0) is 36.4 Å². The van der Waals surface area contributed by atoms with Crippen molar-refractivity contribution in [1.82, 2.24) is 20.4 Å². The van der Waals surface area contributed by atoms with Gasteiger partial charge in [0.15, 0.2) is 0 Å². The van der Waals surface area contributed by atoms with Crippen LogP contribution in [0, 0.1) is 11.3 Å². The second-order valence-corrected chi connectivity index (χ2v) is 5.78. The molecule has 6 heteroatoms. The average Bonchev–Trinajstić information content (AvgIpc) is 3.17. The van der Waals surface area contributed by atoms with Crippen molar-refractivity contribution in [2.45, 2.75) is 5.92 Å². The molecule has 2 aromatic heterocycles. The Morgan fingerprint density at radius 1 is 1.17 bits per heavy atom. The molecule has 1 fully saturated rings. The summed E-state index contributed by atoms with van der Waals surface area (Å²) in [7, 11) is 0. The first-order valence-electron chi connectivity index (χ1n) is 7.74. The van der Waals surface area contributed by atoms with Gasteiger partial charge in [-0.1, -0.05) is 0 Å². The zero-order chi connectivity index (χ0) is 16.5. The lowest BCUT2D eigenvalue weighted by molar-refractivity contribution is 0.689. The number of nitrogens with zero attached hydrogens (tertiary/aromatic N) is 3. The molecule has 3 aromatic rings. The summed E-state index contributed by atoms with van der Waals surface area (Å²) in [5.74, 6) is 0.243. The maximum atomic E-state index is 12.9. The van der Waals surface area contributed by atoms with E-state index in [2.05, 4.69) is 21.9 Å².